The Morgan fingerprint density at radius 2 is 1.77 bits per heavy atom. The van der Waals surface area contributed by atoms with Crippen LogP contribution >= 0.6 is 0 Å². The van der Waals surface area contributed by atoms with E-state index in [2.05, 4.69) is 37.4 Å². The van der Waals surface area contributed by atoms with Crippen molar-refractivity contribution in [2.45, 2.75) is 5.41 Å². The molecule has 0 aliphatic heterocycles. The quantitative estimate of drug-likeness (QED) is 0.594. The molecule has 1 aliphatic rings. The fourth-order valence-electron chi connectivity index (χ4n) is 1.79. The van der Waals surface area contributed by atoms with E-state index in [0.29, 0.717) is 0 Å². The standard InChI is InChI=1S/C13H12/c1-3-13(4-2)10-9-11-7-5-6-8-12(11)13/h3-10H,1-2H2. The third kappa shape index (κ3) is 0.988. The summed E-state index contributed by atoms with van der Waals surface area (Å²) in [4.78, 5) is 0. The summed E-state index contributed by atoms with van der Waals surface area (Å²) in [5, 5.41) is 0. The minimum absolute atomic E-state index is 0.142. The first-order valence-corrected chi connectivity index (χ1v) is 4.38. The Morgan fingerprint density at radius 3 is 2.46 bits per heavy atom. The Morgan fingerprint density at radius 1 is 1.08 bits per heavy atom. The highest BCUT2D eigenvalue weighted by Crippen LogP contribution is 2.37. The van der Waals surface area contributed by atoms with Crippen molar-refractivity contribution in [2.75, 3.05) is 0 Å². The van der Waals surface area contributed by atoms with Crippen molar-refractivity contribution < 1.29 is 0 Å². The Balaban J connectivity index is 2.66. The van der Waals surface area contributed by atoms with Gasteiger partial charge in [-0.15, -0.1) is 13.2 Å². The van der Waals surface area contributed by atoms with Crippen LogP contribution in [0.5, 0.6) is 0 Å². The summed E-state index contributed by atoms with van der Waals surface area (Å²) in [6, 6.07) is 8.33. The average Bonchev–Trinajstić information content (AvgIpc) is 2.58. The topological polar surface area (TPSA) is 0 Å². The molecule has 13 heavy (non-hydrogen) atoms. The van der Waals surface area contributed by atoms with Gasteiger partial charge in [0.05, 0.1) is 0 Å². The van der Waals surface area contributed by atoms with E-state index in [1.165, 1.54) is 11.1 Å². The van der Waals surface area contributed by atoms with Crippen molar-refractivity contribution in [1.82, 2.24) is 0 Å². The average molecular weight is 168 g/mol. The van der Waals surface area contributed by atoms with Crippen LogP contribution in [0.4, 0.5) is 0 Å². The van der Waals surface area contributed by atoms with E-state index < -0.39 is 0 Å². The third-order valence-electron chi connectivity index (χ3n) is 2.64. The molecule has 0 aromatic heterocycles. The first-order chi connectivity index (χ1) is 6.32. The zero-order valence-electron chi connectivity index (χ0n) is 7.53. The smallest absolute Gasteiger partial charge is 0.0497 e. The van der Waals surface area contributed by atoms with Crippen LogP contribution in [-0.4, -0.2) is 0 Å². The van der Waals surface area contributed by atoms with Crippen molar-refractivity contribution in [3.63, 3.8) is 0 Å². The molecule has 0 unspecified atom stereocenters. The molecule has 1 aromatic rings. The molecule has 0 radical (unpaired) electrons. The molecule has 0 heterocycles. The van der Waals surface area contributed by atoms with Gasteiger partial charge in [0.25, 0.3) is 0 Å². The van der Waals surface area contributed by atoms with E-state index in [1.54, 1.807) is 0 Å². The largest absolute Gasteiger partial charge is 0.102 e. The van der Waals surface area contributed by atoms with Gasteiger partial charge in [-0.2, -0.15) is 0 Å². The summed E-state index contributed by atoms with van der Waals surface area (Å²) < 4.78 is 0. The summed E-state index contributed by atoms with van der Waals surface area (Å²) in [7, 11) is 0. The van der Waals surface area contributed by atoms with Crippen molar-refractivity contribution >= 4 is 6.08 Å². The Hall–Kier alpha value is -1.56. The lowest BCUT2D eigenvalue weighted by atomic mass is 9.83. The molecule has 2 rings (SSSR count). The van der Waals surface area contributed by atoms with Gasteiger partial charge >= 0.3 is 0 Å². The summed E-state index contributed by atoms with van der Waals surface area (Å²) in [5.74, 6) is 0. The van der Waals surface area contributed by atoms with E-state index in [9.17, 15) is 0 Å². The summed E-state index contributed by atoms with van der Waals surface area (Å²) in [5.41, 5.74) is 2.40. The third-order valence-corrected chi connectivity index (χ3v) is 2.64. The van der Waals surface area contributed by atoms with E-state index in [-0.39, 0.29) is 5.41 Å². The van der Waals surface area contributed by atoms with Crippen LogP contribution in [0.15, 0.2) is 55.7 Å². The zero-order chi connectivity index (χ0) is 9.31. The highest BCUT2D eigenvalue weighted by atomic mass is 14.3. The predicted molar refractivity (Wildman–Crippen MR) is 57.5 cm³/mol. The molecule has 1 aromatic carbocycles. The van der Waals surface area contributed by atoms with Gasteiger partial charge in [-0.25, -0.2) is 0 Å². The Labute approximate surface area is 78.9 Å². The molecular weight excluding hydrogens is 156 g/mol. The molecule has 64 valence electrons. The van der Waals surface area contributed by atoms with Gasteiger partial charge in [-0.3, -0.25) is 0 Å². The SMILES string of the molecule is C=CC1(C=C)C=Cc2ccccc21. The number of fused-ring (bicyclic) bond motifs is 1. The van der Waals surface area contributed by atoms with Crippen LogP contribution in [0.25, 0.3) is 6.08 Å². The molecule has 1 aliphatic carbocycles. The highest BCUT2D eigenvalue weighted by molar-refractivity contribution is 5.68. The van der Waals surface area contributed by atoms with Crippen molar-refractivity contribution in [3.8, 4) is 0 Å². The van der Waals surface area contributed by atoms with E-state index in [4.69, 9.17) is 0 Å². The lowest BCUT2D eigenvalue weighted by Crippen LogP contribution is -2.13. The maximum Gasteiger partial charge on any atom is 0.0497 e. The van der Waals surface area contributed by atoms with E-state index in [0.717, 1.165) is 0 Å². The molecular formula is C13H12. The number of hydrogen-bond acceptors (Lipinski definition) is 0. The summed E-state index contributed by atoms with van der Waals surface area (Å²) in [6.45, 7) is 7.72. The Kier molecular flexibility index (Phi) is 1.70. The predicted octanol–water partition coefficient (Wildman–Crippen LogP) is 3.32. The second-order valence-electron chi connectivity index (χ2n) is 3.26. The van der Waals surface area contributed by atoms with Crippen LogP contribution in [0.1, 0.15) is 11.1 Å². The van der Waals surface area contributed by atoms with Gasteiger partial charge in [0.1, 0.15) is 0 Å². The lowest BCUT2D eigenvalue weighted by Gasteiger charge is -2.20. The van der Waals surface area contributed by atoms with E-state index >= 15 is 0 Å². The number of hydrogen-bond donors (Lipinski definition) is 0. The molecule has 0 fully saturated rings. The molecule has 0 saturated heterocycles. The molecule has 0 nitrogen and oxygen atoms in total. The van der Waals surface area contributed by atoms with Crippen LogP contribution < -0.4 is 0 Å². The number of benzene rings is 1. The van der Waals surface area contributed by atoms with Crippen LogP contribution in [0.2, 0.25) is 0 Å². The monoisotopic (exact) mass is 168 g/mol. The minimum atomic E-state index is -0.142. The summed E-state index contributed by atoms with van der Waals surface area (Å²) >= 11 is 0. The van der Waals surface area contributed by atoms with Gasteiger partial charge in [-0.05, 0) is 11.1 Å². The molecule has 0 spiro atoms. The first kappa shape index (κ1) is 8.06. The fourth-order valence-corrected chi connectivity index (χ4v) is 1.79. The highest BCUT2D eigenvalue weighted by Gasteiger charge is 2.27. The fraction of sp³-hybridized carbons (Fsp3) is 0.0769. The van der Waals surface area contributed by atoms with Gasteiger partial charge in [0.2, 0.25) is 0 Å². The normalized spacial score (nSPS) is 16.6. The zero-order valence-corrected chi connectivity index (χ0v) is 7.53. The molecule has 0 heteroatoms. The van der Waals surface area contributed by atoms with Crippen LogP contribution in [0.3, 0.4) is 0 Å². The Bertz CT molecular complexity index is 375. The van der Waals surface area contributed by atoms with Crippen molar-refractivity contribution in [2.24, 2.45) is 0 Å². The van der Waals surface area contributed by atoms with Crippen LogP contribution in [0, 0.1) is 0 Å². The first-order valence-electron chi connectivity index (χ1n) is 4.38. The molecule has 0 bridgehead atoms. The number of allylic oxidation sites excluding steroid dienone is 3. The molecule has 0 saturated carbocycles. The maximum absolute atomic E-state index is 3.86. The van der Waals surface area contributed by atoms with E-state index in [1.807, 2.05) is 24.3 Å². The van der Waals surface area contributed by atoms with Crippen LogP contribution in [-0.2, 0) is 5.41 Å². The maximum atomic E-state index is 3.86. The second-order valence-corrected chi connectivity index (χ2v) is 3.26. The lowest BCUT2D eigenvalue weighted by molar-refractivity contribution is 0.881. The van der Waals surface area contributed by atoms with Crippen molar-refractivity contribution in [3.05, 3.63) is 66.8 Å². The van der Waals surface area contributed by atoms with Gasteiger partial charge in [-0.1, -0.05) is 48.6 Å². The second kappa shape index (κ2) is 2.74. The van der Waals surface area contributed by atoms with Crippen molar-refractivity contribution in [1.29, 1.82) is 0 Å². The van der Waals surface area contributed by atoms with Gasteiger partial charge in [0.15, 0.2) is 0 Å². The van der Waals surface area contributed by atoms with Gasteiger partial charge < -0.3 is 0 Å². The summed E-state index contributed by atoms with van der Waals surface area (Å²) in [6.07, 6.45) is 8.13. The van der Waals surface area contributed by atoms with Gasteiger partial charge in [0, 0.05) is 5.41 Å². The molecule has 0 atom stereocenters. The minimum Gasteiger partial charge on any atom is -0.102 e. The number of rotatable bonds is 2. The molecule has 0 N–H and O–H groups in total. The molecule has 0 amide bonds.